The molecule has 0 spiro atoms. The van der Waals surface area contributed by atoms with Crippen molar-refractivity contribution < 1.29 is 19.4 Å². The Morgan fingerprint density at radius 1 is 1.29 bits per heavy atom. The molecule has 0 fully saturated rings. The Morgan fingerprint density at radius 3 is 2.35 bits per heavy atom. The third kappa shape index (κ3) is 3.14. The maximum atomic E-state index is 11.8. The molecule has 4 nitrogen and oxygen atoms in total. The first kappa shape index (κ1) is 13.4. The summed E-state index contributed by atoms with van der Waals surface area (Å²) in [5.74, 6) is -1.06. The zero-order valence-electron chi connectivity index (χ0n) is 9.97. The second-order valence-electron chi connectivity index (χ2n) is 3.83. The van der Waals surface area contributed by atoms with Gasteiger partial charge in [0.2, 0.25) is 0 Å². The highest BCUT2D eigenvalue weighted by molar-refractivity contribution is 5.88. The second kappa shape index (κ2) is 5.59. The van der Waals surface area contributed by atoms with Crippen molar-refractivity contribution in [1.29, 1.82) is 0 Å². The van der Waals surface area contributed by atoms with Crippen LogP contribution in [0.15, 0.2) is 30.3 Å². The Bertz CT molecular complexity index is 399. The molecule has 0 saturated heterocycles. The van der Waals surface area contributed by atoms with Crippen molar-refractivity contribution in [2.24, 2.45) is 0 Å². The Balaban J connectivity index is 3.10. The number of hydrogen-bond acceptors (Lipinski definition) is 4. The third-order valence-electron chi connectivity index (χ3n) is 2.37. The van der Waals surface area contributed by atoms with Crippen LogP contribution in [0.25, 0.3) is 0 Å². The highest BCUT2D eigenvalue weighted by atomic mass is 16.5. The zero-order valence-corrected chi connectivity index (χ0v) is 9.97. The minimum absolute atomic E-state index is 0.159. The van der Waals surface area contributed by atoms with Crippen molar-refractivity contribution in [3.63, 3.8) is 0 Å². The molecule has 0 radical (unpaired) electrons. The Kier molecular flexibility index (Phi) is 4.40. The van der Waals surface area contributed by atoms with Gasteiger partial charge in [-0.25, -0.2) is 4.79 Å². The fourth-order valence-corrected chi connectivity index (χ4v) is 1.62. The lowest BCUT2D eigenvalue weighted by atomic mass is 9.89. The molecular weight excluding hydrogens is 220 g/mol. The van der Waals surface area contributed by atoms with Crippen LogP contribution in [-0.2, 0) is 19.9 Å². The minimum Gasteiger partial charge on any atom is -0.464 e. The molecule has 92 valence electrons. The van der Waals surface area contributed by atoms with E-state index in [9.17, 15) is 14.7 Å². The van der Waals surface area contributed by atoms with E-state index in [0.717, 1.165) is 0 Å². The Labute approximate surface area is 100 Å². The monoisotopic (exact) mass is 236 g/mol. The van der Waals surface area contributed by atoms with Crippen LogP contribution in [-0.4, -0.2) is 23.5 Å². The Morgan fingerprint density at radius 2 is 1.88 bits per heavy atom. The zero-order chi connectivity index (χ0) is 12.9. The van der Waals surface area contributed by atoms with Crippen LogP contribution in [0.5, 0.6) is 0 Å². The molecule has 0 saturated carbocycles. The van der Waals surface area contributed by atoms with Crippen LogP contribution in [0.3, 0.4) is 0 Å². The van der Waals surface area contributed by atoms with E-state index in [-0.39, 0.29) is 18.8 Å². The van der Waals surface area contributed by atoms with Gasteiger partial charge in [-0.05, 0) is 19.4 Å². The molecule has 0 aliphatic heterocycles. The summed E-state index contributed by atoms with van der Waals surface area (Å²) in [6.45, 7) is 3.14. The van der Waals surface area contributed by atoms with E-state index in [0.29, 0.717) is 5.56 Å². The van der Waals surface area contributed by atoms with Gasteiger partial charge in [-0.3, -0.25) is 4.79 Å². The van der Waals surface area contributed by atoms with E-state index in [2.05, 4.69) is 0 Å². The van der Waals surface area contributed by atoms with Gasteiger partial charge in [0.25, 0.3) is 0 Å². The normalized spacial score (nSPS) is 13.8. The van der Waals surface area contributed by atoms with Crippen molar-refractivity contribution >= 4 is 11.8 Å². The number of ether oxygens (including phenoxy) is 1. The molecular formula is C13H16O4. The van der Waals surface area contributed by atoms with Gasteiger partial charge in [0, 0.05) is 6.42 Å². The van der Waals surface area contributed by atoms with E-state index in [1.165, 1.54) is 6.92 Å². The van der Waals surface area contributed by atoms with E-state index in [4.69, 9.17) is 4.74 Å². The fraction of sp³-hybridized carbons (Fsp3) is 0.385. The molecule has 17 heavy (non-hydrogen) atoms. The van der Waals surface area contributed by atoms with E-state index in [1.54, 1.807) is 37.3 Å². The summed E-state index contributed by atoms with van der Waals surface area (Å²) >= 11 is 0. The number of ketones is 1. The van der Waals surface area contributed by atoms with Gasteiger partial charge in [0.1, 0.15) is 5.78 Å². The number of Topliss-reactive ketones (excluding diaryl/α,β-unsaturated/α-hetero) is 1. The maximum Gasteiger partial charge on any atom is 0.343 e. The van der Waals surface area contributed by atoms with Gasteiger partial charge in [-0.15, -0.1) is 0 Å². The van der Waals surface area contributed by atoms with Gasteiger partial charge in [-0.2, -0.15) is 0 Å². The van der Waals surface area contributed by atoms with Gasteiger partial charge in [0.05, 0.1) is 6.61 Å². The van der Waals surface area contributed by atoms with E-state index >= 15 is 0 Å². The number of hydrogen-bond donors (Lipinski definition) is 1. The molecule has 1 aromatic carbocycles. The Hall–Kier alpha value is -1.68. The molecule has 0 aromatic heterocycles. The van der Waals surface area contributed by atoms with Crippen LogP contribution in [0.1, 0.15) is 25.8 Å². The van der Waals surface area contributed by atoms with Crippen molar-refractivity contribution in [2.45, 2.75) is 25.9 Å². The predicted octanol–water partition coefficient (Wildman–Crippen LogP) is 1.42. The number of aliphatic hydroxyl groups is 1. The van der Waals surface area contributed by atoms with Crippen molar-refractivity contribution in [3.8, 4) is 0 Å². The van der Waals surface area contributed by atoms with Gasteiger partial charge in [-0.1, -0.05) is 30.3 Å². The molecule has 1 rings (SSSR count). The SMILES string of the molecule is CCOC(=O)[C@@](O)(CC(C)=O)c1ccccc1. The molecule has 1 aromatic rings. The van der Waals surface area contributed by atoms with Gasteiger partial charge < -0.3 is 9.84 Å². The molecule has 0 aliphatic carbocycles. The number of esters is 1. The van der Waals surface area contributed by atoms with Crippen LogP contribution in [0.4, 0.5) is 0 Å². The lowest BCUT2D eigenvalue weighted by molar-refractivity contribution is -0.168. The van der Waals surface area contributed by atoms with Crippen molar-refractivity contribution in [3.05, 3.63) is 35.9 Å². The first-order valence-corrected chi connectivity index (χ1v) is 5.45. The molecule has 0 heterocycles. The number of carbonyl (C=O) groups is 2. The number of rotatable bonds is 5. The fourth-order valence-electron chi connectivity index (χ4n) is 1.62. The summed E-state index contributed by atoms with van der Waals surface area (Å²) in [5, 5.41) is 10.4. The van der Waals surface area contributed by atoms with Crippen LogP contribution in [0.2, 0.25) is 0 Å². The molecule has 0 amide bonds. The smallest absolute Gasteiger partial charge is 0.343 e. The van der Waals surface area contributed by atoms with Crippen LogP contribution in [0, 0.1) is 0 Å². The largest absolute Gasteiger partial charge is 0.464 e. The van der Waals surface area contributed by atoms with Gasteiger partial charge >= 0.3 is 5.97 Å². The van der Waals surface area contributed by atoms with Crippen molar-refractivity contribution in [1.82, 2.24) is 0 Å². The van der Waals surface area contributed by atoms with Crippen molar-refractivity contribution in [2.75, 3.05) is 6.61 Å². The molecule has 0 bridgehead atoms. The highest BCUT2D eigenvalue weighted by Crippen LogP contribution is 2.27. The third-order valence-corrected chi connectivity index (χ3v) is 2.37. The molecule has 1 atom stereocenters. The second-order valence-corrected chi connectivity index (χ2v) is 3.83. The topological polar surface area (TPSA) is 63.6 Å². The first-order valence-electron chi connectivity index (χ1n) is 5.45. The summed E-state index contributed by atoms with van der Waals surface area (Å²) in [7, 11) is 0. The first-order chi connectivity index (χ1) is 8.00. The summed E-state index contributed by atoms with van der Waals surface area (Å²) in [4.78, 5) is 23.0. The summed E-state index contributed by atoms with van der Waals surface area (Å²) in [5.41, 5.74) is -1.52. The lowest BCUT2D eigenvalue weighted by Crippen LogP contribution is -2.39. The van der Waals surface area contributed by atoms with Crippen LogP contribution < -0.4 is 0 Å². The summed E-state index contributed by atoms with van der Waals surface area (Å²) in [6, 6.07) is 8.35. The highest BCUT2D eigenvalue weighted by Gasteiger charge is 2.40. The van der Waals surface area contributed by atoms with Crippen LogP contribution >= 0.6 is 0 Å². The van der Waals surface area contributed by atoms with Gasteiger partial charge in [0.15, 0.2) is 5.60 Å². The maximum absolute atomic E-state index is 11.8. The molecule has 0 unspecified atom stereocenters. The summed E-state index contributed by atoms with van der Waals surface area (Å²) < 4.78 is 4.82. The van der Waals surface area contributed by atoms with E-state index in [1.807, 2.05) is 0 Å². The molecule has 0 aliphatic rings. The molecule has 4 heteroatoms. The average Bonchev–Trinajstić information content (AvgIpc) is 2.29. The quantitative estimate of drug-likeness (QED) is 0.785. The molecule has 1 N–H and O–H groups in total. The summed E-state index contributed by atoms with van der Waals surface area (Å²) in [6.07, 6.45) is -0.282. The standard InChI is InChI=1S/C13H16O4/c1-3-17-12(15)13(16,9-10(2)14)11-7-5-4-6-8-11/h4-8,16H,3,9H2,1-2H3/t13-/m1/s1. The lowest BCUT2D eigenvalue weighted by Gasteiger charge is -2.25. The van der Waals surface area contributed by atoms with E-state index < -0.39 is 11.6 Å². The number of carbonyl (C=O) groups excluding carboxylic acids is 2. The minimum atomic E-state index is -1.89. The number of benzene rings is 1. The predicted molar refractivity (Wildman–Crippen MR) is 62.3 cm³/mol. The average molecular weight is 236 g/mol.